The second-order valence-corrected chi connectivity index (χ2v) is 3.38. The van der Waals surface area contributed by atoms with E-state index in [1.165, 1.54) is 0 Å². The number of hydrogen-bond donors (Lipinski definition) is 1. The lowest BCUT2D eigenvalue weighted by molar-refractivity contribution is 0.649. The molecular weight excluding hydrogens is 206 g/mol. The Labute approximate surface area is 90.5 Å². The van der Waals surface area contributed by atoms with E-state index in [2.05, 4.69) is 20.3 Å². The quantitative estimate of drug-likeness (QED) is 0.647. The standard InChI is InChI=1S/C9H9N7/c10-7-4-12-15(5-7)6-8-13-14-9-11-2-1-3-16(8)9/h1-5H,6,10H2. The number of fused-ring (bicyclic) bond motifs is 1. The summed E-state index contributed by atoms with van der Waals surface area (Å²) in [5, 5.41) is 12.1. The molecule has 0 saturated heterocycles. The van der Waals surface area contributed by atoms with Crippen LogP contribution in [0.3, 0.4) is 0 Å². The van der Waals surface area contributed by atoms with Gasteiger partial charge >= 0.3 is 0 Å². The molecule has 3 aromatic heterocycles. The second-order valence-electron chi connectivity index (χ2n) is 3.38. The zero-order valence-corrected chi connectivity index (χ0v) is 8.35. The molecule has 0 atom stereocenters. The Bertz CT molecular complexity index is 623. The van der Waals surface area contributed by atoms with Gasteiger partial charge in [-0.25, -0.2) is 4.98 Å². The number of hydrogen-bond acceptors (Lipinski definition) is 5. The third-order valence-corrected chi connectivity index (χ3v) is 2.22. The number of nitrogens with two attached hydrogens (primary N) is 1. The molecule has 2 N–H and O–H groups in total. The van der Waals surface area contributed by atoms with Crippen molar-refractivity contribution in [1.29, 1.82) is 0 Å². The summed E-state index contributed by atoms with van der Waals surface area (Å²) < 4.78 is 3.52. The molecule has 0 fully saturated rings. The highest BCUT2D eigenvalue weighted by Crippen LogP contribution is 2.04. The van der Waals surface area contributed by atoms with E-state index in [9.17, 15) is 0 Å². The van der Waals surface area contributed by atoms with Gasteiger partial charge in [0.15, 0.2) is 5.82 Å². The van der Waals surface area contributed by atoms with Gasteiger partial charge in [-0.15, -0.1) is 10.2 Å². The van der Waals surface area contributed by atoms with Crippen LogP contribution in [0.4, 0.5) is 5.69 Å². The van der Waals surface area contributed by atoms with E-state index in [0.29, 0.717) is 18.0 Å². The summed E-state index contributed by atoms with van der Waals surface area (Å²) in [6, 6.07) is 1.83. The summed E-state index contributed by atoms with van der Waals surface area (Å²) in [6.07, 6.45) is 6.89. The van der Waals surface area contributed by atoms with Crippen LogP contribution in [0.15, 0.2) is 30.9 Å². The fourth-order valence-electron chi connectivity index (χ4n) is 1.51. The third kappa shape index (κ3) is 1.38. The predicted molar refractivity (Wildman–Crippen MR) is 56.5 cm³/mol. The summed E-state index contributed by atoms with van der Waals surface area (Å²) in [6.45, 7) is 0.518. The normalized spacial score (nSPS) is 11.0. The molecular formula is C9H9N7. The highest BCUT2D eigenvalue weighted by Gasteiger charge is 2.06. The maximum Gasteiger partial charge on any atom is 0.254 e. The van der Waals surface area contributed by atoms with Crippen LogP contribution in [-0.2, 0) is 6.54 Å². The molecule has 0 aliphatic carbocycles. The van der Waals surface area contributed by atoms with Gasteiger partial charge in [0.25, 0.3) is 5.78 Å². The Balaban J connectivity index is 2.00. The number of anilines is 1. The number of rotatable bonds is 2. The maximum atomic E-state index is 5.58. The van der Waals surface area contributed by atoms with Gasteiger partial charge in [0.2, 0.25) is 0 Å². The van der Waals surface area contributed by atoms with Gasteiger partial charge < -0.3 is 5.73 Å². The fraction of sp³-hybridized carbons (Fsp3) is 0.111. The Morgan fingerprint density at radius 3 is 3.06 bits per heavy atom. The molecule has 7 heteroatoms. The Hall–Kier alpha value is -2.44. The van der Waals surface area contributed by atoms with Gasteiger partial charge in [-0.3, -0.25) is 9.08 Å². The Morgan fingerprint density at radius 1 is 1.31 bits per heavy atom. The number of aromatic nitrogens is 6. The first kappa shape index (κ1) is 8.84. The van der Waals surface area contributed by atoms with E-state index < -0.39 is 0 Å². The van der Waals surface area contributed by atoms with Crippen molar-refractivity contribution in [2.75, 3.05) is 5.73 Å². The molecule has 0 aliphatic rings. The SMILES string of the molecule is Nc1cnn(Cc2nnc3ncccn23)c1. The topological polar surface area (TPSA) is 86.9 Å². The summed E-state index contributed by atoms with van der Waals surface area (Å²) in [5.41, 5.74) is 6.21. The maximum absolute atomic E-state index is 5.58. The van der Waals surface area contributed by atoms with Crippen LogP contribution in [0, 0.1) is 0 Å². The molecule has 0 aromatic carbocycles. The third-order valence-electron chi connectivity index (χ3n) is 2.22. The minimum absolute atomic E-state index is 0.518. The van der Waals surface area contributed by atoms with E-state index in [1.54, 1.807) is 23.3 Å². The van der Waals surface area contributed by atoms with Crippen LogP contribution in [0.5, 0.6) is 0 Å². The van der Waals surface area contributed by atoms with Gasteiger partial charge in [0, 0.05) is 18.6 Å². The molecule has 16 heavy (non-hydrogen) atoms. The molecule has 0 bridgehead atoms. The van der Waals surface area contributed by atoms with Crippen molar-refractivity contribution < 1.29 is 0 Å². The van der Waals surface area contributed by atoms with Crippen LogP contribution in [0.1, 0.15) is 5.82 Å². The average molecular weight is 215 g/mol. The van der Waals surface area contributed by atoms with E-state index in [-0.39, 0.29) is 0 Å². The van der Waals surface area contributed by atoms with Gasteiger partial charge in [-0.1, -0.05) is 0 Å². The Morgan fingerprint density at radius 2 is 2.25 bits per heavy atom. The summed E-state index contributed by atoms with van der Waals surface area (Å²) >= 11 is 0. The van der Waals surface area contributed by atoms with Crippen LogP contribution in [-0.4, -0.2) is 29.4 Å². The predicted octanol–water partition coefficient (Wildman–Crippen LogP) is -0.0487. The lowest BCUT2D eigenvalue weighted by atomic mass is 10.5. The fourth-order valence-corrected chi connectivity index (χ4v) is 1.51. The van der Waals surface area contributed by atoms with Crippen molar-refractivity contribution in [2.45, 2.75) is 6.54 Å². The largest absolute Gasteiger partial charge is 0.396 e. The van der Waals surface area contributed by atoms with Crippen LogP contribution in [0.2, 0.25) is 0 Å². The summed E-state index contributed by atoms with van der Waals surface area (Å²) in [5.74, 6) is 1.35. The number of nitrogens with zero attached hydrogens (tertiary/aromatic N) is 6. The number of nitrogen functional groups attached to an aromatic ring is 1. The van der Waals surface area contributed by atoms with Crippen LogP contribution >= 0.6 is 0 Å². The zero-order chi connectivity index (χ0) is 11.0. The van der Waals surface area contributed by atoms with Crippen molar-refractivity contribution >= 4 is 11.5 Å². The second kappa shape index (κ2) is 3.30. The van der Waals surface area contributed by atoms with Gasteiger partial charge in [-0.2, -0.15) is 5.10 Å². The molecule has 3 aromatic rings. The highest BCUT2D eigenvalue weighted by molar-refractivity contribution is 5.31. The molecule has 0 spiro atoms. The molecule has 3 heterocycles. The first-order valence-corrected chi connectivity index (χ1v) is 4.75. The molecule has 0 amide bonds. The first-order valence-electron chi connectivity index (χ1n) is 4.75. The van der Waals surface area contributed by atoms with E-state index in [0.717, 1.165) is 5.82 Å². The average Bonchev–Trinajstić information content (AvgIpc) is 2.87. The molecule has 7 nitrogen and oxygen atoms in total. The lowest BCUT2D eigenvalue weighted by Gasteiger charge is -1.98. The van der Waals surface area contributed by atoms with Crippen molar-refractivity contribution in [1.82, 2.24) is 29.4 Å². The van der Waals surface area contributed by atoms with Crippen molar-refractivity contribution in [3.8, 4) is 0 Å². The van der Waals surface area contributed by atoms with E-state index in [1.807, 2.05) is 16.7 Å². The first-order chi connectivity index (χ1) is 7.83. The molecule has 0 radical (unpaired) electrons. The van der Waals surface area contributed by atoms with Crippen molar-refractivity contribution in [3.63, 3.8) is 0 Å². The highest BCUT2D eigenvalue weighted by atomic mass is 15.3. The van der Waals surface area contributed by atoms with Gasteiger partial charge in [0.1, 0.15) is 6.54 Å². The van der Waals surface area contributed by atoms with E-state index >= 15 is 0 Å². The van der Waals surface area contributed by atoms with Crippen LogP contribution < -0.4 is 5.73 Å². The van der Waals surface area contributed by atoms with E-state index in [4.69, 9.17) is 5.73 Å². The molecule has 80 valence electrons. The summed E-state index contributed by atoms with van der Waals surface area (Å²) in [7, 11) is 0. The van der Waals surface area contributed by atoms with Gasteiger partial charge in [0.05, 0.1) is 11.9 Å². The van der Waals surface area contributed by atoms with Crippen LogP contribution in [0.25, 0.3) is 5.78 Å². The van der Waals surface area contributed by atoms with Crippen molar-refractivity contribution in [3.05, 3.63) is 36.7 Å². The molecule has 0 aliphatic heterocycles. The lowest BCUT2D eigenvalue weighted by Crippen LogP contribution is -2.04. The monoisotopic (exact) mass is 215 g/mol. The van der Waals surface area contributed by atoms with Gasteiger partial charge in [-0.05, 0) is 6.07 Å². The molecule has 0 unspecified atom stereocenters. The zero-order valence-electron chi connectivity index (χ0n) is 8.35. The molecule has 3 rings (SSSR count). The summed E-state index contributed by atoms with van der Waals surface area (Å²) in [4.78, 5) is 4.08. The van der Waals surface area contributed by atoms with Crippen molar-refractivity contribution in [2.24, 2.45) is 0 Å². The minimum atomic E-state index is 0.518. The minimum Gasteiger partial charge on any atom is -0.396 e. The molecule has 0 saturated carbocycles. The smallest absolute Gasteiger partial charge is 0.254 e. The Kier molecular flexibility index (Phi) is 1.82.